The van der Waals surface area contributed by atoms with Crippen LogP contribution in [0.1, 0.15) is 16.7 Å². The quantitative estimate of drug-likeness (QED) is 0.777. The SMILES string of the molecule is N#Cc1ccc2ccc(CNS(=O)(=O)Cc3ccccc3)cc2c1. The third-order valence-corrected chi connectivity index (χ3v) is 5.03. The fourth-order valence-electron chi connectivity index (χ4n) is 2.51. The van der Waals surface area contributed by atoms with Crippen molar-refractivity contribution < 1.29 is 8.42 Å². The van der Waals surface area contributed by atoms with Crippen molar-refractivity contribution in [3.63, 3.8) is 0 Å². The molecule has 5 heteroatoms. The fourth-order valence-corrected chi connectivity index (χ4v) is 3.63. The number of fused-ring (bicyclic) bond motifs is 1. The predicted octanol–water partition coefficient (Wildman–Crippen LogP) is 3.33. The Morgan fingerprint density at radius 1 is 0.875 bits per heavy atom. The van der Waals surface area contributed by atoms with E-state index in [1.807, 2.05) is 42.5 Å². The molecule has 3 aromatic rings. The summed E-state index contributed by atoms with van der Waals surface area (Å²) in [6.07, 6.45) is 0. The largest absolute Gasteiger partial charge is 0.216 e. The summed E-state index contributed by atoms with van der Waals surface area (Å²) in [5, 5.41) is 10.9. The van der Waals surface area contributed by atoms with Crippen LogP contribution in [0.5, 0.6) is 0 Å². The fraction of sp³-hybridized carbons (Fsp3) is 0.105. The van der Waals surface area contributed by atoms with Crippen LogP contribution in [-0.4, -0.2) is 8.42 Å². The summed E-state index contributed by atoms with van der Waals surface area (Å²) in [7, 11) is -3.40. The first kappa shape index (κ1) is 16.2. The van der Waals surface area contributed by atoms with Gasteiger partial charge < -0.3 is 0 Å². The van der Waals surface area contributed by atoms with Gasteiger partial charge in [0.1, 0.15) is 0 Å². The minimum atomic E-state index is -3.40. The molecular weight excluding hydrogens is 320 g/mol. The number of nitrogens with one attached hydrogen (secondary N) is 1. The highest BCUT2D eigenvalue weighted by Crippen LogP contribution is 2.18. The number of hydrogen-bond acceptors (Lipinski definition) is 3. The number of nitriles is 1. The van der Waals surface area contributed by atoms with Gasteiger partial charge in [-0.05, 0) is 40.1 Å². The monoisotopic (exact) mass is 336 g/mol. The summed E-state index contributed by atoms with van der Waals surface area (Å²) in [5.41, 5.74) is 2.20. The zero-order chi connectivity index (χ0) is 17.0. The van der Waals surface area contributed by atoms with E-state index in [4.69, 9.17) is 5.26 Å². The second-order valence-corrected chi connectivity index (χ2v) is 7.38. The van der Waals surface area contributed by atoms with Gasteiger partial charge in [-0.2, -0.15) is 5.26 Å². The van der Waals surface area contributed by atoms with Crippen LogP contribution in [0.15, 0.2) is 66.7 Å². The lowest BCUT2D eigenvalue weighted by Crippen LogP contribution is -2.24. The second-order valence-electron chi connectivity index (χ2n) is 5.57. The average molecular weight is 336 g/mol. The number of benzene rings is 3. The Labute approximate surface area is 141 Å². The molecule has 0 aliphatic rings. The Bertz CT molecular complexity index is 1010. The molecule has 1 N–H and O–H groups in total. The molecule has 0 fully saturated rings. The van der Waals surface area contributed by atoms with E-state index in [9.17, 15) is 8.42 Å². The Kier molecular flexibility index (Phi) is 4.61. The van der Waals surface area contributed by atoms with Crippen molar-refractivity contribution >= 4 is 20.8 Å². The summed E-state index contributed by atoms with van der Waals surface area (Å²) < 4.78 is 27.0. The van der Waals surface area contributed by atoms with Gasteiger partial charge in [0, 0.05) is 6.54 Å². The van der Waals surface area contributed by atoms with Crippen LogP contribution < -0.4 is 4.72 Å². The summed E-state index contributed by atoms with van der Waals surface area (Å²) >= 11 is 0. The zero-order valence-electron chi connectivity index (χ0n) is 12.9. The minimum absolute atomic E-state index is 0.0417. The number of hydrogen-bond donors (Lipinski definition) is 1. The maximum absolute atomic E-state index is 12.2. The molecule has 0 bridgehead atoms. The van der Waals surface area contributed by atoms with Crippen LogP contribution in [-0.2, 0) is 22.3 Å². The molecule has 0 amide bonds. The number of nitrogens with zero attached hydrogens (tertiary/aromatic N) is 1. The molecule has 24 heavy (non-hydrogen) atoms. The lowest BCUT2D eigenvalue weighted by Gasteiger charge is -2.08. The van der Waals surface area contributed by atoms with E-state index in [0.29, 0.717) is 5.56 Å². The Morgan fingerprint density at radius 2 is 1.62 bits per heavy atom. The summed E-state index contributed by atoms with van der Waals surface area (Å²) in [5.74, 6) is -0.0417. The molecule has 0 aromatic heterocycles. The third-order valence-electron chi connectivity index (χ3n) is 3.73. The van der Waals surface area contributed by atoms with Crippen molar-refractivity contribution in [1.29, 1.82) is 5.26 Å². The van der Waals surface area contributed by atoms with Gasteiger partial charge >= 0.3 is 0 Å². The van der Waals surface area contributed by atoms with Gasteiger partial charge in [-0.25, -0.2) is 13.1 Å². The number of sulfonamides is 1. The predicted molar refractivity (Wildman–Crippen MR) is 94.6 cm³/mol. The van der Waals surface area contributed by atoms with E-state index < -0.39 is 10.0 Å². The average Bonchev–Trinajstić information content (AvgIpc) is 2.60. The maximum atomic E-state index is 12.2. The smallest absolute Gasteiger partial charge is 0.212 e. The molecule has 0 saturated heterocycles. The molecule has 120 valence electrons. The van der Waals surface area contributed by atoms with Crippen molar-refractivity contribution in [2.24, 2.45) is 0 Å². The van der Waals surface area contributed by atoms with Crippen LogP contribution in [0.3, 0.4) is 0 Å². The number of rotatable bonds is 5. The first-order valence-electron chi connectivity index (χ1n) is 7.50. The van der Waals surface area contributed by atoms with E-state index in [2.05, 4.69) is 10.8 Å². The van der Waals surface area contributed by atoms with Gasteiger partial charge in [-0.15, -0.1) is 0 Å². The van der Waals surface area contributed by atoms with Crippen molar-refractivity contribution in [1.82, 2.24) is 4.72 Å². The van der Waals surface area contributed by atoms with Gasteiger partial charge in [0.15, 0.2) is 0 Å². The first-order valence-corrected chi connectivity index (χ1v) is 9.15. The Hall–Kier alpha value is -2.68. The van der Waals surface area contributed by atoms with Gasteiger partial charge in [-0.1, -0.05) is 48.5 Å². The van der Waals surface area contributed by atoms with Gasteiger partial charge in [0.25, 0.3) is 0 Å². The lowest BCUT2D eigenvalue weighted by atomic mass is 10.0. The van der Waals surface area contributed by atoms with E-state index in [-0.39, 0.29) is 12.3 Å². The second kappa shape index (κ2) is 6.83. The van der Waals surface area contributed by atoms with Crippen LogP contribution >= 0.6 is 0 Å². The molecule has 0 unspecified atom stereocenters. The summed E-state index contributed by atoms with van der Waals surface area (Å²) in [6, 6.07) is 22.4. The topological polar surface area (TPSA) is 70.0 Å². The van der Waals surface area contributed by atoms with E-state index in [1.165, 1.54) is 0 Å². The first-order chi connectivity index (χ1) is 11.6. The standard InChI is InChI=1S/C19H16N2O2S/c20-12-16-6-8-18-9-7-17(11-19(18)10-16)13-21-24(22,23)14-15-4-2-1-3-5-15/h1-11,21H,13-14H2. The van der Waals surface area contributed by atoms with Crippen LogP contribution in [0, 0.1) is 11.3 Å². The normalized spacial score (nSPS) is 11.3. The highest BCUT2D eigenvalue weighted by molar-refractivity contribution is 7.88. The molecule has 0 radical (unpaired) electrons. The van der Waals surface area contributed by atoms with Crippen LogP contribution in [0.4, 0.5) is 0 Å². The molecule has 0 saturated carbocycles. The van der Waals surface area contributed by atoms with Crippen molar-refractivity contribution in [3.05, 3.63) is 83.4 Å². The van der Waals surface area contributed by atoms with Crippen LogP contribution in [0.25, 0.3) is 10.8 Å². The molecule has 0 aliphatic heterocycles. The van der Waals surface area contributed by atoms with E-state index in [1.54, 1.807) is 24.3 Å². The molecule has 0 heterocycles. The Balaban J connectivity index is 1.74. The van der Waals surface area contributed by atoms with Crippen molar-refractivity contribution in [2.75, 3.05) is 0 Å². The molecule has 4 nitrogen and oxygen atoms in total. The lowest BCUT2D eigenvalue weighted by molar-refractivity contribution is 0.580. The Morgan fingerprint density at radius 3 is 2.38 bits per heavy atom. The van der Waals surface area contributed by atoms with E-state index >= 15 is 0 Å². The maximum Gasteiger partial charge on any atom is 0.216 e. The molecule has 3 rings (SSSR count). The summed E-state index contributed by atoms with van der Waals surface area (Å²) in [6.45, 7) is 0.224. The van der Waals surface area contributed by atoms with E-state index in [0.717, 1.165) is 21.9 Å². The molecule has 0 aliphatic carbocycles. The highest BCUT2D eigenvalue weighted by atomic mass is 32.2. The molecular formula is C19H16N2O2S. The highest BCUT2D eigenvalue weighted by Gasteiger charge is 2.11. The molecule has 3 aromatic carbocycles. The molecule has 0 atom stereocenters. The van der Waals surface area contributed by atoms with Gasteiger partial charge in [0.05, 0.1) is 17.4 Å². The zero-order valence-corrected chi connectivity index (χ0v) is 13.8. The van der Waals surface area contributed by atoms with Crippen molar-refractivity contribution in [2.45, 2.75) is 12.3 Å². The van der Waals surface area contributed by atoms with Gasteiger partial charge in [0.2, 0.25) is 10.0 Å². The molecule has 0 spiro atoms. The van der Waals surface area contributed by atoms with Crippen molar-refractivity contribution in [3.8, 4) is 6.07 Å². The summed E-state index contributed by atoms with van der Waals surface area (Å²) in [4.78, 5) is 0. The third kappa shape index (κ3) is 3.99. The van der Waals surface area contributed by atoms with Gasteiger partial charge in [-0.3, -0.25) is 0 Å². The van der Waals surface area contributed by atoms with Crippen LogP contribution in [0.2, 0.25) is 0 Å². The minimum Gasteiger partial charge on any atom is -0.212 e.